The van der Waals surface area contributed by atoms with E-state index in [1.807, 2.05) is 0 Å². The first-order valence-electron chi connectivity index (χ1n) is 7.37. The van der Waals surface area contributed by atoms with Crippen LogP contribution in [0.25, 0.3) is 0 Å². The molecule has 1 unspecified atom stereocenters. The Morgan fingerprint density at radius 1 is 1.24 bits per heavy atom. The molecule has 5 heteroatoms. The number of hydrogen-bond acceptors (Lipinski definition) is 2. The van der Waals surface area contributed by atoms with Gasteiger partial charge in [0.2, 0.25) is 0 Å². The lowest BCUT2D eigenvalue weighted by molar-refractivity contribution is -0.137. The third-order valence-corrected chi connectivity index (χ3v) is 4.27. The van der Waals surface area contributed by atoms with Gasteiger partial charge in [-0.3, -0.25) is 4.90 Å². The topological polar surface area (TPSA) is 15.3 Å². The summed E-state index contributed by atoms with van der Waals surface area (Å²) >= 11 is 0. The SMILES string of the molecule is CCC1CN(Cc2ccc(C(F)(F)F)cc2)C(C)(C)CN1. The molecule has 0 spiro atoms. The summed E-state index contributed by atoms with van der Waals surface area (Å²) < 4.78 is 37.7. The average Bonchev–Trinajstić information content (AvgIpc) is 2.41. The molecule has 118 valence electrons. The van der Waals surface area contributed by atoms with Crippen LogP contribution >= 0.6 is 0 Å². The highest BCUT2D eigenvalue weighted by Crippen LogP contribution is 2.30. The Kier molecular flexibility index (Phi) is 4.63. The van der Waals surface area contributed by atoms with Crippen molar-refractivity contribution in [3.8, 4) is 0 Å². The number of benzene rings is 1. The molecule has 0 amide bonds. The maximum absolute atomic E-state index is 12.6. The van der Waals surface area contributed by atoms with E-state index in [-0.39, 0.29) is 5.54 Å². The van der Waals surface area contributed by atoms with E-state index in [2.05, 4.69) is 31.0 Å². The van der Waals surface area contributed by atoms with E-state index in [0.29, 0.717) is 12.6 Å². The highest BCUT2D eigenvalue weighted by Gasteiger charge is 2.33. The summed E-state index contributed by atoms with van der Waals surface area (Å²) in [7, 11) is 0. The standard InChI is InChI=1S/C16H23F3N2/c1-4-14-10-21(15(2,3)11-20-14)9-12-5-7-13(8-6-12)16(17,18)19/h5-8,14,20H,4,9-11H2,1-3H3. The molecule has 0 radical (unpaired) electrons. The molecule has 1 aromatic carbocycles. The molecule has 1 N–H and O–H groups in total. The molecule has 1 atom stereocenters. The number of halogens is 3. The number of alkyl halides is 3. The largest absolute Gasteiger partial charge is 0.416 e. The van der Waals surface area contributed by atoms with Crippen molar-refractivity contribution >= 4 is 0 Å². The van der Waals surface area contributed by atoms with Gasteiger partial charge < -0.3 is 5.32 Å². The Morgan fingerprint density at radius 2 is 1.86 bits per heavy atom. The number of piperazine rings is 1. The van der Waals surface area contributed by atoms with Gasteiger partial charge in [0.15, 0.2) is 0 Å². The average molecular weight is 300 g/mol. The van der Waals surface area contributed by atoms with Gasteiger partial charge >= 0.3 is 6.18 Å². The number of rotatable bonds is 3. The van der Waals surface area contributed by atoms with Crippen LogP contribution in [-0.2, 0) is 12.7 Å². The van der Waals surface area contributed by atoms with Crippen LogP contribution in [0.5, 0.6) is 0 Å². The number of hydrogen-bond donors (Lipinski definition) is 1. The molecule has 0 aromatic heterocycles. The van der Waals surface area contributed by atoms with Crippen molar-refractivity contribution in [2.75, 3.05) is 13.1 Å². The third-order valence-electron chi connectivity index (χ3n) is 4.27. The summed E-state index contributed by atoms with van der Waals surface area (Å²) in [6, 6.07) is 5.96. The molecule has 1 aliphatic rings. The second-order valence-corrected chi connectivity index (χ2v) is 6.37. The summed E-state index contributed by atoms with van der Waals surface area (Å²) in [4.78, 5) is 2.35. The van der Waals surface area contributed by atoms with Gasteiger partial charge in [0.1, 0.15) is 0 Å². The van der Waals surface area contributed by atoms with Gasteiger partial charge in [0, 0.05) is 31.2 Å². The second kappa shape index (κ2) is 5.97. The van der Waals surface area contributed by atoms with Crippen LogP contribution in [0, 0.1) is 0 Å². The van der Waals surface area contributed by atoms with Crippen LogP contribution in [0.1, 0.15) is 38.3 Å². The minimum Gasteiger partial charge on any atom is -0.311 e. The minimum atomic E-state index is -4.26. The Labute approximate surface area is 124 Å². The highest BCUT2D eigenvalue weighted by atomic mass is 19.4. The summed E-state index contributed by atoms with van der Waals surface area (Å²) in [5.41, 5.74) is 0.346. The van der Waals surface area contributed by atoms with Gasteiger partial charge in [-0.15, -0.1) is 0 Å². The van der Waals surface area contributed by atoms with Crippen molar-refractivity contribution in [2.24, 2.45) is 0 Å². The Morgan fingerprint density at radius 3 is 2.38 bits per heavy atom. The highest BCUT2D eigenvalue weighted by molar-refractivity contribution is 5.24. The van der Waals surface area contributed by atoms with Gasteiger partial charge in [-0.2, -0.15) is 13.2 Å². The van der Waals surface area contributed by atoms with Gasteiger partial charge in [-0.05, 0) is 38.0 Å². The molecule has 1 heterocycles. The van der Waals surface area contributed by atoms with E-state index in [9.17, 15) is 13.2 Å². The fourth-order valence-electron chi connectivity index (χ4n) is 2.66. The van der Waals surface area contributed by atoms with Gasteiger partial charge in [-0.25, -0.2) is 0 Å². The summed E-state index contributed by atoms with van der Waals surface area (Å²) in [6.45, 7) is 8.97. The molecule has 1 aliphatic heterocycles. The lowest BCUT2D eigenvalue weighted by Gasteiger charge is -2.46. The maximum Gasteiger partial charge on any atom is 0.416 e. The molecule has 2 nitrogen and oxygen atoms in total. The van der Waals surface area contributed by atoms with E-state index in [1.165, 1.54) is 12.1 Å². The molecular weight excluding hydrogens is 277 g/mol. The van der Waals surface area contributed by atoms with Crippen molar-refractivity contribution in [1.29, 1.82) is 0 Å². The van der Waals surface area contributed by atoms with Crippen molar-refractivity contribution < 1.29 is 13.2 Å². The lowest BCUT2D eigenvalue weighted by atomic mass is 9.95. The van der Waals surface area contributed by atoms with Crippen molar-refractivity contribution in [3.05, 3.63) is 35.4 Å². The predicted molar refractivity (Wildman–Crippen MR) is 78.0 cm³/mol. The van der Waals surface area contributed by atoms with Crippen LogP contribution in [0.4, 0.5) is 13.2 Å². The van der Waals surface area contributed by atoms with Crippen molar-refractivity contribution in [3.63, 3.8) is 0 Å². The van der Waals surface area contributed by atoms with E-state index >= 15 is 0 Å². The fraction of sp³-hybridized carbons (Fsp3) is 0.625. The molecule has 1 fully saturated rings. The molecule has 1 aromatic rings. The molecule has 21 heavy (non-hydrogen) atoms. The summed E-state index contributed by atoms with van der Waals surface area (Å²) in [6.07, 6.45) is -3.21. The first-order valence-corrected chi connectivity index (χ1v) is 7.37. The summed E-state index contributed by atoms with van der Waals surface area (Å²) in [5.74, 6) is 0. The van der Waals surface area contributed by atoms with Gasteiger partial charge in [-0.1, -0.05) is 19.1 Å². The van der Waals surface area contributed by atoms with Crippen LogP contribution in [0.15, 0.2) is 24.3 Å². The summed E-state index contributed by atoms with van der Waals surface area (Å²) in [5, 5.41) is 3.51. The van der Waals surface area contributed by atoms with Crippen LogP contribution in [-0.4, -0.2) is 29.6 Å². The Hall–Kier alpha value is -1.07. The second-order valence-electron chi connectivity index (χ2n) is 6.37. The zero-order chi connectivity index (χ0) is 15.7. The third kappa shape index (κ3) is 3.98. The molecule has 0 aliphatic carbocycles. The fourth-order valence-corrected chi connectivity index (χ4v) is 2.66. The van der Waals surface area contributed by atoms with E-state index in [0.717, 1.165) is 25.1 Å². The van der Waals surface area contributed by atoms with E-state index in [4.69, 9.17) is 0 Å². The Balaban J connectivity index is 2.09. The van der Waals surface area contributed by atoms with Crippen LogP contribution in [0.3, 0.4) is 0 Å². The lowest BCUT2D eigenvalue weighted by Crippen LogP contribution is -2.61. The van der Waals surface area contributed by atoms with E-state index < -0.39 is 11.7 Å². The molecule has 0 bridgehead atoms. The molecular formula is C16H23F3N2. The minimum absolute atomic E-state index is 0.00830. The van der Waals surface area contributed by atoms with Crippen molar-refractivity contribution in [1.82, 2.24) is 10.2 Å². The zero-order valence-electron chi connectivity index (χ0n) is 12.8. The quantitative estimate of drug-likeness (QED) is 0.916. The number of nitrogens with zero attached hydrogens (tertiary/aromatic N) is 1. The predicted octanol–water partition coefficient (Wildman–Crippen LogP) is 3.67. The molecule has 0 saturated carbocycles. The monoisotopic (exact) mass is 300 g/mol. The Bertz CT molecular complexity index is 465. The molecule has 1 saturated heterocycles. The number of nitrogens with one attached hydrogen (secondary N) is 1. The first kappa shape index (κ1) is 16.3. The van der Waals surface area contributed by atoms with Gasteiger partial charge in [0.25, 0.3) is 0 Å². The maximum atomic E-state index is 12.6. The van der Waals surface area contributed by atoms with E-state index in [1.54, 1.807) is 12.1 Å². The smallest absolute Gasteiger partial charge is 0.311 e. The molecule has 2 rings (SSSR count). The van der Waals surface area contributed by atoms with Crippen LogP contribution < -0.4 is 5.32 Å². The van der Waals surface area contributed by atoms with Gasteiger partial charge in [0.05, 0.1) is 5.56 Å². The first-order chi connectivity index (χ1) is 9.72. The van der Waals surface area contributed by atoms with Crippen LogP contribution in [0.2, 0.25) is 0 Å². The van der Waals surface area contributed by atoms with Crippen molar-refractivity contribution in [2.45, 2.75) is 51.5 Å². The normalized spacial score (nSPS) is 23.2. The zero-order valence-corrected chi connectivity index (χ0v) is 12.8.